The van der Waals surface area contributed by atoms with Gasteiger partial charge in [-0.2, -0.15) is 0 Å². The highest BCUT2D eigenvalue weighted by atomic mass is 35.5. The summed E-state index contributed by atoms with van der Waals surface area (Å²) in [5, 5.41) is 3.52. The number of methoxy groups -OCH3 is 1. The lowest BCUT2D eigenvalue weighted by atomic mass is 10.1. The lowest BCUT2D eigenvalue weighted by Gasteiger charge is -2.23. The zero-order chi connectivity index (χ0) is 26.5. The maximum absolute atomic E-state index is 13.2. The molecule has 6 nitrogen and oxygen atoms in total. The molecule has 4 rings (SSSR count). The van der Waals surface area contributed by atoms with Crippen LogP contribution in [0.25, 0.3) is 6.08 Å². The number of hydrogen-bond acceptors (Lipinski definition) is 6. The summed E-state index contributed by atoms with van der Waals surface area (Å²) in [6.45, 7) is 1.66. The molecule has 1 atom stereocenters. The van der Waals surface area contributed by atoms with Gasteiger partial charge in [0.05, 0.1) is 23.1 Å². The summed E-state index contributed by atoms with van der Waals surface area (Å²) in [6.07, 6.45) is 1.71. The van der Waals surface area contributed by atoms with Crippen LogP contribution < -0.4 is 14.8 Å². The van der Waals surface area contributed by atoms with Crippen molar-refractivity contribution in [3.05, 3.63) is 92.8 Å². The highest BCUT2D eigenvalue weighted by molar-refractivity contribution is 8.26. The number of thiocarbonyl (C=S) groups is 1. The Bertz CT molecular complexity index is 1360. The van der Waals surface area contributed by atoms with Gasteiger partial charge < -0.3 is 14.8 Å². The molecule has 0 aromatic heterocycles. The molecule has 0 saturated carbocycles. The predicted molar refractivity (Wildman–Crippen MR) is 153 cm³/mol. The van der Waals surface area contributed by atoms with Gasteiger partial charge in [0.2, 0.25) is 0 Å². The molecule has 1 fully saturated rings. The smallest absolute Gasteiger partial charge is 0.266 e. The Balaban J connectivity index is 1.48. The molecule has 10 heteroatoms. The number of benzene rings is 3. The van der Waals surface area contributed by atoms with E-state index in [0.717, 1.165) is 5.56 Å². The van der Waals surface area contributed by atoms with Crippen LogP contribution >= 0.6 is 47.2 Å². The molecule has 3 aromatic carbocycles. The Hall–Kier alpha value is -3.04. The first-order valence-corrected chi connectivity index (χ1v) is 13.1. The number of carbonyl (C=O) groups is 2. The molecule has 37 heavy (non-hydrogen) atoms. The average Bonchev–Trinajstić information content (AvgIpc) is 3.16. The molecule has 1 N–H and O–H groups in total. The van der Waals surface area contributed by atoms with E-state index in [2.05, 4.69) is 5.32 Å². The van der Waals surface area contributed by atoms with Crippen molar-refractivity contribution in [2.24, 2.45) is 0 Å². The maximum atomic E-state index is 13.2. The van der Waals surface area contributed by atoms with Crippen LogP contribution in [0, 0.1) is 0 Å². The van der Waals surface area contributed by atoms with Gasteiger partial charge in [-0.05, 0) is 60.5 Å². The van der Waals surface area contributed by atoms with Gasteiger partial charge in [-0.1, -0.05) is 77.5 Å². The minimum Gasteiger partial charge on any atom is -0.493 e. The molecule has 0 spiro atoms. The highest BCUT2D eigenvalue weighted by Gasteiger charge is 2.36. The quantitative estimate of drug-likeness (QED) is 0.232. The number of nitrogens with one attached hydrogen (secondary N) is 1. The van der Waals surface area contributed by atoms with E-state index in [9.17, 15) is 9.59 Å². The van der Waals surface area contributed by atoms with Gasteiger partial charge in [-0.3, -0.25) is 14.5 Å². The number of rotatable bonds is 8. The zero-order valence-corrected chi connectivity index (χ0v) is 23.0. The summed E-state index contributed by atoms with van der Waals surface area (Å²) in [5.74, 6) is -0.00892. The van der Waals surface area contributed by atoms with E-state index < -0.39 is 0 Å². The molecule has 3 aromatic rings. The predicted octanol–water partition coefficient (Wildman–Crippen LogP) is 6.98. The molecule has 190 valence electrons. The molecular formula is C27H22Cl2N2O4S2. The Morgan fingerprint density at radius 2 is 1.84 bits per heavy atom. The molecule has 0 bridgehead atoms. The van der Waals surface area contributed by atoms with Crippen molar-refractivity contribution in [1.29, 1.82) is 0 Å². The third-order valence-corrected chi connectivity index (χ3v) is 7.38. The Kier molecular flexibility index (Phi) is 8.76. The van der Waals surface area contributed by atoms with Crippen LogP contribution in [-0.2, 0) is 9.59 Å². The molecule has 1 aliphatic heterocycles. The van der Waals surface area contributed by atoms with Gasteiger partial charge in [0.1, 0.15) is 4.32 Å². The monoisotopic (exact) mass is 572 g/mol. The number of anilines is 1. The van der Waals surface area contributed by atoms with Crippen molar-refractivity contribution in [2.75, 3.05) is 19.0 Å². The van der Waals surface area contributed by atoms with Gasteiger partial charge in [0.15, 0.2) is 18.1 Å². The first kappa shape index (κ1) is 27.0. The summed E-state index contributed by atoms with van der Waals surface area (Å²) in [7, 11) is 1.47. The van der Waals surface area contributed by atoms with Crippen molar-refractivity contribution in [3.63, 3.8) is 0 Å². The third kappa shape index (κ3) is 6.45. The molecule has 2 amide bonds. The largest absolute Gasteiger partial charge is 0.493 e. The Morgan fingerprint density at radius 1 is 1.14 bits per heavy atom. The fraction of sp³-hybridized carbons (Fsp3) is 0.148. The van der Waals surface area contributed by atoms with E-state index in [-0.39, 0.29) is 35.2 Å². The third-order valence-electron chi connectivity index (χ3n) is 5.52. The summed E-state index contributed by atoms with van der Waals surface area (Å²) >= 11 is 19.1. The lowest BCUT2D eigenvalue weighted by molar-refractivity contribution is -0.123. The van der Waals surface area contributed by atoms with E-state index >= 15 is 0 Å². The molecular weight excluding hydrogens is 551 g/mol. The van der Waals surface area contributed by atoms with E-state index in [1.54, 1.807) is 47.4 Å². The van der Waals surface area contributed by atoms with Crippen LogP contribution in [-0.4, -0.2) is 34.8 Å². The van der Waals surface area contributed by atoms with Crippen LogP contribution in [0.4, 0.5) is 5.69 Å². The number of amides is 2. The molecule has 0 radical (unpaired) electrons. The van der Waals surface area contributed by atoms with Crippen LogP contribution in [0.15, 0.2) is 71.6 Å². The molecule has 1 heterocycles. The number of hydrogen-bond donors (Lipinski definition) is 1. The number of halogens is 2. The molecule has 0 unspecified atom stereocenters. The van der Waals surface area contributed by atoms with Gasteiger partial charge in [0.25, 0.3) is 11.8 Å². The standard InChI is InChI=1S/C27H22Cl2N2O4S2/c1-16(18-6-4-3-5-7-18)31-26(33)23(37-27(31)36)14-17-12-21(29)25(22(13-17)34-2)35-15-24(32)30-20-10-8-19(28)9-11-20/h3-14,16H,15H2,1-2H3,(H,30,32)/b23-14-/t16-/m1/s1. The van der Waals surface area contributed by atoms with E-state index in [1.807, 2.05) is 37.3 Å². The number of ether oxygens (including phenoxy) is 2. The molecule has 1 saturated heterocycles. The molecule has 1 aliphatic rings. The second-order valence-electron chi connectivity index (χ2n) is 8.02. The highest BCUT2D eigenvalue weighted by Crippen LogP contribution is 2.41. The van der Waals surface area contributed by atoms with Crippen LogP contribution in [0.1, 0.15) is 24.1 Å². The second-order valence-corrected chi connectivity index (χ2v) is 10.5. The Morgan fingerprint density at radius 3 is 2.51 bits per heavy atom. The van der Waals surface area contributed by atoms with E-state index in [1.165, 1.54) is 18.9 Å². The Labute approximate surface area is 234 Å². The van der Waals surface area contributed by atoms with Crippen molar-refractivity contribution >= 4 is 75.1 Å². The van der Waals surface area contributed by atoms with Crippen LogP contribution in [0.2, 0.25) is 10.0 Å². The van der Waals surface area contributed by atoms with Crippen molar-refractivity contribution in [3.8, 4) is 11.5 Å². The van der Waals surface area contributed by atoms with Crippen LogP contribution in [0.5, 0.6) is 11.5 Å². The van der Waals surface area contributed by atoms with E-state index in [4.69, 9.17) is 44.9 Å². The fourth-order valence-corrected chi connectivity index (χ4v) is 5.50. The normalized spacial score (nSPS) is 15.1. The van der Waals surface area contributed by atoms with Crippen molar-refractivity contribution < 1.29 is 19.1 Å². The minimum absolute atomic E-state index is 0.180. The van der Waals surface area contributed by atoms with Gasteiger partial charge in [-0.25, -0.2) is 0 Å². The first-order valence-electron chi connectivity index (χ1n) is 11.1. The average molecular weight is 574 g/mol. The first-order chi connectivity index (χ1) is 17.8. The minimum atomic E-state index is -0.374. The summed E-state index contributed by atoms with van der Waals surface area (Å²) in [4.78, 5) is 27.6. The van der Waals surface area contributed by atoms with Gasteiger partial charge in [-0.15, -0.1) is 0 Å². The van der Waals surface area contributed by atoms with Gasteiger partial charge in [0, 0.05) is 10.7 Å². The SMILES string of the molecule is COc1cc(/C=C2\SC(=S)N([C@H](C)c3ccccc3)C2=O)cc(Cl)c1OCC(=O)Nc1ccc(Cl)cc1. The summed E-state index contributed by atoms with van der Waals surface area (Å²) in [6, 6.07) is 19.6. The lowest BCUT2D eigenvalue weighted by Crippen LogP contribution is -2.30. The maximum Gasteiger partial charge on any atom is 0.266 e. The summed E-state index contributed by atoms with van der Waals surface area (Å²) < 4.78 is 11.6. The number of thioether (sulfide) groups is 1. The van der Waals surface area contributed by atoms with Crippen molar-refractivity contribution in [2.45, 2.75) is 13.0 Å². The fourth-order valence-electron chi connectivity index (χ4n) is 3.68. The second kappa shape index (κ2) is 12.0. The topological polar surface area (TPSA) is 67.9 Å². The number of carbonyl (C=O) groups excluding carboxylic acids is 2. The van der Waals surface area contributed by atoms with Crippen LogP contribution in [0.3, 0.4) is 0 Å². The summed E-state index contributed by atoms with van der Waals surface area (Å²) in [5.41, 5.74) is 2.21. The number of nitrogens with zero attached hydrogens (tertiary/aromatic N) is 1. The zero-order valence-electron chi connectivity index (χ0n) is 19.9. The van der Waals surface area contributed by atoms with E-state index in [0.29, 0.717) is 31.2 Å². The van der Waals surface area contributed by atoms with Gasteiger partial charge >= 0.3 is 0 Å². The van der Waals surface area contributed by atoms with Crippen molar-refractivity contribution in [1.82, 2.24) is 4.90 Å². The molecule has 0 aliphatic carbocycles.